The van der Waals surface area contributed by atoms with E-state index in [1.165, 1.54) is 30.4 Å². The van der Waals surface area contributed by atoms with E-state index in [4.69, 9.17) is 0 Å². The fourth-order valence-corrected chi connectivity index (χ4v) is 3.23. The molecule has 2 aromatic rings. The number of amides is 1. The van der Waals surface area contributed by atoms with Crippen molar-refractivity contribution in [1.29, 1.82) is 0 Å². The molecule has 0 saturated carbocycles. The summed E-state index contributed by atoms with van der Waals surface area (Å²) in [7, 11) is 0. The quantitative estimate of drug-likeness (QED) is 0.887. The van der Waals surface area contributed by atoms with Gasteiger partial charge in [0, 0.05) is 6.20 Å². The highest BCUT2D eigenvalue weighted by Crippen LogP contribution is 2.24. The Kier molecular flexibility index (Phi) is 5.00. The first kappa shape index (κ1) is 16.7. The second-order valence-electron chi connectivity index (χ2n) is 6.64. The minimum absolute atomic E-state index is 0.0310. The Bertz CT molecular complexity index is 721. The first-order valence-corrected chi connectivity index (χ1v) is 8.65. The number of hydrogen-bond acceptors (Lipinski definition) is 3. The highest BCUT2D eigenvalue weighted by atomic mass is 16.3. The minimum atomic E-state index is -0.622. The molecule has 1 aliphatic carbocycles. The van der Waals surface area contributed by atoms with Crippen LogP contribution < -0.4 is 5.32 Å². The van der Waals surface area contributed by atoms with Crippen LogP contribution in [0.2, 0.25) is 0 Å². The molecule has 0 saturated heterocycles. The Morgan fingerprint density at radius 2 is 2.00 bits per heavy atom. The first-order chi connectivity index (χ1) is 11.5. The lowest BCUT2D eigenvalue weighted by Gasteiger charge is -2.20. The molecule has 0 unspecified atom stereocenters. The van der Waals surface area contributed by atoms with Crippen LogP contribution in [0.4, 0.5) is 0 Å². The van der Waals surface area contributed by atoms with Crippen LogP contribution in [-0.2, 0) is 24.2 Å². The average Bonchev–Trinajstić information content (AvgIpc) is 3.03. The van der Waals surface area contributed by atoms with E-state index in [0.717, 1.165) is 12.0 Å². The second-order valence-corrected chi connectivity index (χ2v) is 6.64. The predicted molar refractivity (Wildman–Crippen MR) is 92.5 cm³/mol. The van der Waals surface area contributed by atoms with E-state index in [2.05, 4.69) is 28.6 Å². The van der Waals surface area contributed by atoms with E-state index >= 15 is 0 Å². The van der Waals surface area contributed by atoms with Crippen molar-refractivity contribution in [3.63, 3.8) is 0 Å². The average molecular weight is 327 g/mol. The summed E-state index contributed by atoms with van der Waals surface area (Å²) in [6.45, 7) is 3.82. The molecular formula is C19H25N3O2. The molecule has 2 N–H and O–H groups in total. The van der Waals surface area contributed by atoms with Gasteiger partial charge in [0.05, 0.1) is 17.8 Å². The Morgan fingerprint density at radius 3 is 2.71 bits per heavy atom. The number of aromatic nitrogens is 2. The van der Waals surface area contributed by atoms with Crippen molar-refractivity contribution in [2.24, 2.45) is 0 Å². The van der Waals surface area contributed by atoms with Crippen molar-refractivity contribution in [2.45, 2.75) is 58.2 Å². The van der Waals surface area contributed by atoms with Gasteiger partial charge in [0.15, 0.2) is 0 Å². The van der Waals surface area contributed by atoms with Crippen LogP contribution in [0.3, 0.4) is 0 Å². The molecule has 1 aromatic heterocycles. The molecule has 128 valence electrons. The van der Waals surface area contributed by atoms with Gasteiger partial charge in [-0.2, -0.15) is 5.10 Å². The van der Waals surface area contributed by atoms with Crippen LogP contribution in [0.1, 0.15) is 61.2 Å². The summed E-state index contributed by atoms with van der Waals surface area (Å²) in [4.78, 5) is 12.2. The lowest BCUT2D eigenvalue weighted by molar-refractivity contribution is -0.122. The van der Waals surface area contributed by atoms with Crippen molar-refractivity contribution in [2.75, 3.05) is 0 Å². The molecule has 1 heterocycles. The number of aliphatic hydroxyl groups is 1. The highest BCUT2D eigenvalue weighted by molar-refractivity contribution is 5.76. The number of aryl methyl sites for hydroxylation is 2. The van der Waals surface area contributed by atoms with Crippen LogP contribution in [0, 0.1) is 0 Å². The van der Waals surface area contributed by atoms with E-state index < -0.39 is 6.10 Å². The van der Waals surface area contributed by atoms with E-state index in [1.54, 1.807) is 23.9 Å². The van der Waals surface area contributed by atoms with E-state index in [1.807, 2.05) is 6.92 Å². The van der Waals surface area contributed by atoms with Crippen molar-refractivity contribution in [3.05, 3.63) is 52.8 Å². The second kappa shape index (κ2) is 7.18. The number of hydrogen-bond donors (Lipinski definition) is 2. The molecule has 1 aliphatic rings. The zero-order valence-corrected chi connectivity index (χ0v) is 14.3. The Balaban J connectivity index is 1.61. The van der Waals surface area contributed by atoms with Gasteiger partial charge in [0.2, 0.25) is 5.91 Å². The third-order valence-electron chi connectivity index (χ3n) is 4.64. The van der Waals surface area contributed by atoms with Crippen molar-refractivity contribution in [3.8, 4) is 0 Å². The third kappa shape index (κ3) is 3.85. The van der Waals surface area contributed by atoms with E-state index in [-0.39, 0.29) is 18.5 Å². The molecule has 5 heteroatoms. The van der Waals surface area contributed by atoms with Gasteiger partial charge in [0.25, 0.3) is 0 Å². The summed E-state index contributed by atoms with van der Waals surface area (Å²) in [6.07, 6.45) is 5.92. The van der Waals surface area contributed by atoms with Crippen molar-refractivity contribution < 1.29 is 9.90 Å². The number of benzene rings is 1. The highest BCUT2D eigenvalue weighted by Gasteiger charge is 2.15. The number of nitrogens with one attached hydrogen (secondary N) is 1. The number of carbonyl (C=O) groups is 1. The van der Waals surface area contributed by atoms with Crippen LogP contribution in [-0.4, -0.2) is 20.8 Å². The van der Waals surface area contributed by atoms with Gasteiger partial charge in [-0.25, -0.2) is 0 Å². The van der Waals surface area contributed by atoms with Gasteiger partial charge < -0.3 is 10.4 Å². The molecule has 2 atom stereocenters. The van der Waals surface area contributed by atoms with Gasteiger partial charge in [-0.15, -0.1) is 0 Å². The molecule has 1 amide bonds. The van der Waals surface area contributed by atoms with Gasteiger partial charge in [-0.3, -0.25) is 9.48 Å². The number of fused-ring (bicyclic) bond motifs is 1. The third-order valence-corrected chi connectivity index (χ3v) is 4.64. The summed E-state index contributed by atoms with van der Waals surface area (Å²) in [5.41, 5.74) is 4.60. The largest absolute Gasteiger partial charge is 0.387 e. The zero-order valence-electron chi connectivity index (χ0n) is 14.3. The summed E-state index contributed by atoms with van der Waals surface area (Å²) in [6, 6.07) is 8.25. The molecule has 0 bridgehead atoms. The fraction of sp³-hybridized carbons (Fsp3) is 0.474. The number of rotatable bonds is 5. The van der Waals surface area contributed by atoms with Crippen molar-refractivity contribution >= 4 is 5.91 Å². The summed E-state index contributed by atoms with van der Waals surface area (Å²) in [5.74, 6) is -0.0829. The molecule has 1 aromatic carbocycles. The maximum Gasteiger partial charge on any atom is 0.242 e. The zero-order chi connectivity index (χ0) is 17.1. The van der Waals surface area contributed by atoms with Gasteiger partial charge in [-0.1, -0.05) is 18.2 Å². The smallest absolute Gasteiger partial charge is 0.242 e. The molecule has 0 fully saturated rings. The first-order valence-electron chi connectivity index (χ1n) is 8.65. The van der Waals surface area contributed by atoms with Crippen molar-refractivity contribution in [1.82, 2.24) is 15.1 Å². The van der Waals surface area contributed by atoms with E-state index in [9.17, 15) is 9.90 Å². The Morgan fingerprint density at radius 1 is 1.25 bits per heavy atom. The van der Waals surface area contributed by atoms with Gasteiger partial charge >= 0.3 is 0 Å². The fourth-order valence-electron chi connectivity index (χ4n) is 3.23. The van der Waals surface area contributed by atoms with Crippen LogP contribution in [0.5, 0.6) is 0 Å². The molecule has 0 aliphatic heterocycles. The maximum absolute atomic E-state index is 12.2. The number of aliphatic hydroxyl groups excluding tert-OH is 1. The van der Waals surface area contributed by atoms with Crippen LogP contribution >= 0.6 is 0 Å². The van der Waals surface area contributed by atoms with Gasteiger partial charge in [-0.05, 0) is 62.3 Å². The molecule has 0 radical (unpaired) electrons. The monoisotopic (exact) mass is 327 g/mol. The number of carbonyl (C=O) groups excluding carboxylic acids is 1. The minimum Gasteiger partial charge on any atom is -0.387 e. The van der Waals surface area contributed by atoms with Crippen LogP contribution in [0.15, 0.2) is 30.5 Å². The summed E-state index contributed by atoms with van der Waals surface area (Å²) >= 11 is 0. The van der Waals surface area contributed by atoms with Gasteiger partial charge in [0.1, 0.15) is 6.54 Å². The molecular weight excluding hydrogens is 302 g/mol. The van der Waals surface area contributed by atoms with Crippen LogP contribution in [0.25, 0.3) is 0 Å². The maximum atomic E-state index is 12.2. The Hall–Kier alpha value is -2.14. The summed E-state index contributed by atoms with van der Waals surface area (Å²) in [5, 5.41) is 16.7. The molecule has 3 rings (SSSR count). The molecule has 0 spiro atoms. The topological polar surface area (TPSA) is 67.2 Å². The normalized spacial score (nSPS) is 16.3. The summed E-state index contributed by atoms with van der Waals surface area (Å²) < 4.78 is 1.55. The number of nitrogens with zero attached hydrogens (tertiary/aromatic N) is 2. The molecule has 5 nitrogen and oxygen atoms in total. The lowest BCUT2D eigenvalue weighted by atomic mass is 9.89. The lowest BCUT2D eigenvalue weighted by Crippen LogP contribution is -2.30. The SMILES string of the molecule is C[C@H](NC(=O)Cn1ccc([C@@H](C)O)n1)c1ccc2c(c1)CCCC2. The predicted octanol–water partition coefficient (Wildman–Crippen LogP) is 2.69. The standard InChI is InChI=1S/C19H25N3O2/c1-13(16-8-7-15-5-3-4-6-17(15)11-16)20-19(24)12-22-10-9-18(21-22)14(2)23/h7-11,13-14,23H,3-6,12H2,1-2H3,(H,20,24)/t13-,14+/m0/s1. The van der Waals surface area contributed by atoms with E-state index in [0.29, 0.717) is 5.69 Å². The Labute approximate surface area is 142 Å². The molecule has 24 heavy (non-hydrogen) atoms.